The Morgan fingerprint density at radius 1 is 1.40 bits per heavy atom. The SMILES string of the molecule is COC1(C(=O)Nc2ccc(C)c(Br)c2)CCNCC1.Cl. The number of piperidine rings is 1. The number of halogens is 2. The van der Waals surface area contributed by atoms with Gasteiger partial charge in [0.15, 0.2) is 0 Å². The molecule has 1 aromatic carbocycles. The van der Waals surface area contributed by atoms with Gasteiger partial charge >= 0.3 is 0 Å². The Morgan fingerprint density at radius 3 is 2.60 bits per heavy atom. The van der Waals surface area contributed by atoms with E-state index in [9.17, 15) is 4.79 Å². The fraction of sp³-hybridized carbons (Fsp3) is 0.500. The van der Waals surface area contributed by atoms with Crippen LogP contribution in [0.1, 0.15) is 18.4 Å². The van der Waals surface area contributed by atoms with Crippen molar-refractivity contribution in [1.82, 2.24) is 5.32 Å². The number of carbonyl (C=O) groups excluding carboxylic acids is 1. The molecule has 1 aromatic rings. The lowest BCUT2D eigenvalue weighted by atomic mass is 9.91. The van der Waals surface area contributed by atoms with Gasteiger partial charge in [-0.15, -0.1) is 12.4 Å². The lowest BCUT2D eigenvalue weighted by Crippen LogP contribution is -2.51. The minimum absolute atomic E-state index is 0. The summed E-state index contributed by atoms with van der Waals surface area (Å²) in [6.45, 7) is 3.62. The Morgan fingerprint density at radius 2 is 2.05 bits per heavy atom. The number of carbonyl (C=O) groups is 1. The Balaban J connectivity index is 0.00000200. The van der Waals surface area contributed by atoms with Crippen LogP contribution < -0.4 is 10.6 Å². The van der Waals surface area contributed by atoms with E-state index in [0.29, 0.717) is 12.8 Å². The molecule has 112 valence electrons. The van der Waals surface area contributed by atoms with Crippen molar-refractivity contribution in [2.24, 2.45) is 0 Å². The minimum Gasteiger partial charge on any atom is -0.368 e. The number of benzene rings is 1. The standard InChI is InChI=1S/C14H19BrN2O2.ClH/c1-10-3-4-11(9-12(10)15)17-13(18)14(19-2)5-7-16-8-6-14;/h3-4,9,16H,5-8H2,1-2H3,(H,17,18);1H. The Labute approximate surface area is 134 Å². The molecule has 1 aliphatic rings. The predicted octanol–water partition coefficient (Wildman–Crippen LogP) is 2.89. The Hall–Kier alpha value is -0.620. The topological polar surface area (TPSA) is 50.4 Å². The molecular weight excluding hydrogens is 344 g/mol. The third kappa shape index (κ3) is 3.73. The van der Waals surface area contributed by atoms with Crippen LogP contribution in [-0.4, -0.2) is 31.7 Å². The van der Waals surface area contributed by atoms with Crippen LogP contribution in [0.5, 0.6) is 0 Å². The minimum atomic E-state index is -0.706. The number of rotatable bonds is 3. The van der Waals surface area contributed by atoms with Gasteiger partial charge in [-0.05, 0) is 50.6 Å². The molecule has 2 rings (SSSR count). The van der Waals surface area contributed by atoms with Gasteiger partial charge in [0.05, 0.1) is 0 Å². The van der Waals surface area contributed by atoms with Crippen LogP contribution in [0.25, 0.3) is 0 Å². The molecule has 0 bridgehead atoms. The van der Waals surface area contributed by atoms with E-state index in [1.165, 1.54) is 0 Å². The van der Waals surface area contributed by atoms with Crippen molar-refractivity contribution in [1.29, 1.82) is 0 Å². The van der Waals surface area contributed by atoms with Gasteiger partial charge in [0.1, 0.15) is 5.60 Å². The van der Waals surface area contributed by atoms with E-state index in [-0.39, 0.29) is 18.3 Å². The second-order valence-corrected chi connectivity index (χ2v) is 5.72. The summed E-state index contributed by atoms with van der Waals surface area (Å²) in [4.78, 5) is 12.4. The molecule has 0 aromatic heterocycles. The summed E-state index contributed by atoms with van der Waals surface area (Å²) in [6.07, 6.45) is 1.39. The first-order chi connectivity index (χ1) is 9.07. The van der Waals surface area contributed by atoms with E-state index in [4.69, 9.17) is 4.74 Å². The van der Waals surface area contributed by atoms with Crippen molar-refractivity contribution >= 4 is 39.9 Å². The van der Waals surface area contributed by atoms with Gasteiger partial charge in [0.25, 0.3) is 5.91 Å². The van der Waals surface area contributed by atoms with Crippen molar-refractivity contribution in [2.45, 2.75) is 25.4 Å². The van der Waals surface area contributed by atoms with Gasteiger partial charge in [0, 0.05) is 17.3 Å². The maximum Gasteiger partial charge on any atom is 0.256 e. The van der Waals surface area contributed by atoms with Crippen LogP contribution in [0, 0.1) is 6.92 Å². The average molecular weight is 364 g/mol. The van der Waals surface area contributed by atoms with E-state index < -0.39 is 5.60 Å². The second kappa shape index (κ2) is 7.41. The summed E-state index contributed by atoms with van der Waals surface area (Å²) in [5, 5.41) is 6.19. The van der Waals surface area contributed by atoms with E-state index >= 15 is 0 Å². The van der Waals surface area contributed by atoms with Crippen molar-refractivity contribution in [3.05, 3.63) is 28.2 Å². The molecule has 0 saturated carbocycles. The number of amides is 1. The summed E-state index contributed by atoms with van der Waals surface area (Å²) in [6, 6.07) is 5.79. The normalized spacial score (nSPS) is 17.1. The number of aryl methyl sites for hydroxylation is 1. The number of nitrogens with one attached hydrogen (secondary N) is 2. The fourth-order valence-electron chi connectivity index (χ4n) is 2.27. The molecule has 1 amide bonds. The highest BCUT2D eigenvalue weighted by Crippen LogP contribution is 2.26. The number of methoxy groups -OCH3 is 1. The van der Waals surface area contributed by atoms with Gasteiger partial charge in [-0.25, -0.2) is 0 Å². The van der Waals surface area contributed by atoms with Crippen molar-refractivity contribution in [3.63, 3.8) is 0 Å². The molecule has 0 aliphatic carbocycles. The summed E-state index contributed by atoms with van der Waals surface area (Å²) in [5.41, 5.74) is 1.22. The van der Waals surface area contributed by atoms with Crippen molar-refractivity contribution in [3.8, 4) is 0 Å². The quantitative estimate of drug-likeness (QED) is 0.868. The molecule has 4 nitrogen and oxygen atoms in total. The smallest absolute Gasteiger partial charge is 0.256 e. The molecule has 6 heteroatoms. The maximum absolute atomic E-state index is 12.4. The molecule has 0 spiro atoms. The lowest BCUT2D eigenvalue weighted by molar-refractivity contribution is -0.140. The van der Waals surface area contributed by atoms with Gasteiger partial charge in [0.2, 0.25) is 0 Å². The number of hydrogen-bond donors (Lipinski definition) is 2. The first kappa shape index (κ1) is 17.4. The van der Waals surface area contributed by atoms with Crippen LogP contribution in [0.4, 0.5) is 5.69 Å². The number of anilines is 1. The van der Waals surface area contributed by atoms with Crippen LogP contribution in [0.3, 0.4) is 0 Å². The Bertz CT molecular complexity index is 476. The zero-order chi connectivity index (χ0) is 13.9. The summed E-state index contributed by atoms with van der Waals surface area (Å²) < 4.78 is 6.49. The molecule has 1 heterocycles. The number of ether oxygens (including phenoxy) is 1. The first-order valence-electron chi connectivity index (χ1n) is 6.41. The molecule has 2 N–H and O–H groups in total. The van der Waals surface area contributed by atoms with Crippen molar-refractivity contribution < 1.29 is 9.53 Å². The van der Waals surface area contributed by atoms with Crippen LogP contribution in [0.15, 0.2) is 22.7 Å². The molecule has 0 atom stereocenters. The summed E-state index contributed by atoms with van der Waals surface area (Å²) >= 11 is 3.47. The van der Waals surface area contributed by atoms with E-state index in [1.54, 1.807) is 7.11 Å². The van der Waals surface area contributed by atoms with Crippen LogP contribution >= 0.6 is 28.3 Å². The third-order valence-electron chi connectivity index (χ3n) is 3.65. The monoisotopic (exact) mass is 362 g/mol. The fourth-order valence-corrected chi connectivity index (χ4v) is 2.65. The molecule has 1 saturated heterocycles. The molecule has 0 radical (unpaired) electrons. The zero-order valence-electron chi connectivity index (χ0n) is 11.7. The predicted molar refractivity (Wildman–Crippen MR) is 86.6 cm³/mol. The van der Waals surface area contributed by atoms with Gasteiger partial charge < -0.3 is 15.4 Å². The maximum atomic E-state index is 12.4. The van der Waals surface area contributed by atoms with E-state index in [2.05, 4.69) is 26.6 Å². The first-order valence-corrected chi connectivity index (χ1v) is 7.20. The summed E-state index contributed by atoms with van der Waals surface area (Å²) in [5.74, 6) is -0.0627. The average Bonchev–Trinajstić information content (AvgIpc) is 2.43. The zero-order valence-corrected chi connectivity index (χ0v) is 14.1. The third-order valence-corrected chi connectivity index (χ3v) is 4.50. The highest BCUT2D eigenvalue weighted by molar-refractivity contribution is 9.10. The highest BCUT2D eigenvalue weighted by Gasteiger charge is 2.39. The largest absolute Gasteiger partial charge is 0.368 e. The van der Waals surface area contributed by atoms with Gasteiger partial charge in [-0.3, -0.25) is 4.79 Å². The molecule has 0 unspecified atom stereocenters. The Kier molecular flexibility index (Phi) is 6.45. The molecule has 1 aliphatic heterocycles. The summed E-state index contributed by atoms with van der Waals surface area (Å²) in [7, 11) is 1.61. The van der Waals surface area contributed by atoms with Crippen LogP contribution in [0.2, 0.25) is 0 Å². The lowest BCUT2D eigenvalue weighted by Gasteiger charge is -2.34. The number of hydrogen-bond acceptors (Lipinski definition) is 3. The molecular formula is C14H20BrClN2O2. The second-order valence-electron chi connectivity index (χ2n) is 4.87. The van der Waals surface area contributed by atoms with Crippen LogP contribution in [-0.2, 0) is 9.53 Å². The molecule has 1 fully saturated rings. The van der Waals surface area contributed by atoms with Gasteiger partial charge in [-0.1, -0.05) is 22.0 Å². The van der Waals surface area contributed by atoms with Crippen molar-refractivity contribution in [2.75, 3.05) is 25.5 Å². The molecule has 20 heavy (non-hydrogen) atoms. The van der Waals surface area contributed by atoms with E-state index in [0.717, 1.165) is 28.8 Å². The van der Waals surface area contributed by atoms with Gasteiger partial charge in [-0.2, -0.15) is 0 Å². The highest BCUT2D eigenvalue weighted by atomic mass is 79.9. The van der Waals surface area contributed by atoms with E-state index in [1.807, 2.05) is 25.1 Å².